The molecular weight excluding hydrogens is 352 g/mol. The van der Waals surface area contributed by atoms with Crippen LogP contribution in [-0.4, -0.2) is 62.7 Å². The van der Waals surface area contributed by atoms with E-state index in [0.717, 1.165) is 56.9 Å². The number of aryl methyl sites for hydroxylation is 2. The molecule has 1 atom stereocenters. The first-order valence-electron chi connectivity index (χ1n) is 9.93. The van der Waals surface area contributed by atoms with Gasteiger partial charge in [-0.3, -0.25) is 9.89 Å². The highest BCUT2D eigenvalue weighted by molar-refractivity contribution is 5.79. The summed E-state index contributed by atoms with van der Waals surface area (Å²) in [5.74, 6) is 2.81. The smallest absolute Gasteiger partial charge is 0.193 e. The fourth-order valence-corrected chi connectivity index (χ4v) is 3.62. The first-order chi connectivity index (χ1) is 13.6. The molecule has 1 N–H and O–H groups in total. The normalized spacial score (nSPS) is 16.8. The van der Waals surface area contributed by atoms with Crippen LogP contribution < -0.4 is 5.32 Å². The van der Waals surface area contributed by atoms with Crippen LogP contribution in [0.2, 0.25) is 0 Å². The van der Waals surface area contributed by atoms with Gasteiger partial charge in [0.25, 0.3) is 0 Å². The summed E-state index contributed by atoms with van der Waals surface area (Å²) in [6.45, 7) is 9.02. The quantitative estimate of drug-likeness (QED) is 0.613. The molecule has 1 unspecified atom stereocenters. The summed E-state index contributed by atoms with van der Waals surface area (Å²) in [5, 5.41) is 3.55. The lowest BCUT2D eigenvalue weighted by Crippen LogP contribution is -2.46. The zero-order chi connectivity index (χ0) is 19.9. The number of morpholine rings is 1. The van der Waals surface area contributed by atoms with Crippen LogP contribution in [0, 0.1) is 13.8 Å². The van der Waals surface area contributed by atoms with Gasteiger partial charge in [-0.2, -0.15) is 0 Å². The van der Waals surface area contributed by atoms with E-state index in [1.807, 2.05) is 20.0 Å². The minimum absolute atomic E-state index is 0.154. The third kappa shape index (κ3) is 5.14. The molecule has 0 amide bonds. The molecule has 28 heavy (non-hydrogen) atoms. The van der Waals surface area contributed by atoms with E-state index in [1.165, 1.54) is 11.1 Å². The fourth-order valence-electron chi connectivity index (χ4n) is 3.62. The van der Waals surface area contributed by atoms with Crippen molar-refractivity contribution in [2.75, 3.05) is 46.9 Å². The van der Waals surface area contributed by atoms with Crippen molar-refractivity contribution < 1.29 is 9.15 Å². The van der Waals surface area contributed by atoms with Crippen LogP contribution in [0.1, 0.15) is 28.7 Å². The Morgan fingerprint density at radius 2 is 1.93 bits per heavy atom. The molecule has 0 radical (unpaired) electrons. The van der Waals surface area contributed by atoms with E-state index in [1.54, 1.807) is 0 Å². The van der Waals surface area contributed by atoms with Gasteiger partial charge in [0.1, 0.15) is 11.5 Å². The van der Waals surface area contributed by atoms with Gasteiger partial charge < -0.3 is 19.4 Å². The van der Waals surface area contributed by atoms with E-state index in [4.69, 9.17) is 9.15 Å². The molecule has 1 aliphatic heterocycles. The van der Waals surface area contributed by atoms with Gasteiger partial charge in [-0.15, -0.1) is 0 Å². The van der Waals surface area contributed by atoms with Gasteiger partial charge in [0.15, 0.2) is 5.96 Å². The summed E-state index contributed by atoms with van der Waals surface area (Å²) in [6.07, 6.45) is 0. The van der Waals surface area contributed by atoms with Gasteiger partial charge in [0, 0.05) is 40.3 Å². The molecule has 0 bridgehead atoms. The van der Waals surface area contributed by atoms with Crippen LogP contribution in [0.4, 0.5) is 0 Å². The third-order valence-corrected chi connectivity index (χ3v) is 5.27. The molecule has 1 fully saturated rings. The van der Waals surface area contributed by atoms with Gasteiger partial charge in [-0.25, -0.2) is 0 Å². The largest absolute Gasteiger partial charge is 0.465 e. The standard InChI is InChI=1S/C22H32N4O2/c1-17-7-5-6-8-19(17)16-25(4)22(23-3)24-15-20(21-10-9-18(2)28-21)26-11-13-27-14-12-26/h5-10,20H,11-16H2,1-4H3,(H,23,24). The van der Waals surface area contributed by atoms with Crippen LogP contribution in [0.5, 0.6) is 0 Å². The minimum Gasteiger partial charge on any atom is -0.465 e. The molecule has 2 heterocycles. The zero-order valence-electron chi connectivity index (χ0n) is 17.4. The van der Waals surface area contributed by atoms with Crippen LogP contribution >= 0.6 is 0 Å². The maximum absolute atomic E-state index is 5.96. The topological polar surface area (TPSA) is 53.2 Å². The highest BCUT2D eigenvalue weighted by Gasteiger charge is 2.25. The second-order valence-corrected chi connectivity index (χ2v) is 7.32. The lowest BCUT2D eigenvalue weighted by Gasteiger charge is -2.34. The van der Waals surface area contributed by atoms with Crippen molar-refractivity contribution >= 4 is 5.96 Å². The molecule has 0 aliphatic carbocycles. The summed E-state index contributed by atoms with van der Waals surface area (Å²) >= 11 is 0. The van der Waals surface area contributed by atoms with Gasteiger partial charge >= 0.3 is 0 Å². The Kier molecular flexibility index (Phi) is 7.12. The molecule has 6 nitrogen and oxygen atoms in total. The Labute approximate surface area is 168 Å². The number of nitrogens with one attached hydrogen (secondary N) is 1. The van der Waals surface area contributed by atoms with Crippen LogP contribution in [0.15, 0.2) is 45.8 Å². The summed E-state index contributed by atoms with van der Waals surface area (Å²) < 4.78 is 11.5. The number of aliphatic imine (C=N–C) groups is 1. The van der Waals surface area contributed by atoms with Crippen molar-refractivity contribution in [1.29, 1.82) is 0 Å². The second kappa shape index (κ2) is 9.75. The van der Waals surface area contributed by atoms with E-state index in [0.29, 0.717) is 0 Å². The van der Waals surface area contributed by atoms with Gasteiger partial charge in [0.2, 0.25) is 0 Å². The lowest BCUT2D eigenvalue weighted by atomic mass is 10.1. The van der Waals surface area contributed by atoms with E-state index in [-0.39, 0.29) is 6.04 Å². The highest BCUT2D eigenvalue weighted by atomic mass is 16.5. The maximum Gasteiger partial charge on any atom is 0.193 e. The molecule has 1 saturated heterocycles. The Morgan fingerprint density at radius 3 is 2.57 bits per heavy atom. The summed E-state index contributed by atoms with van der Waals surface area (Å²) in [7, 11) is 3.90. The Bertz CT molecular complexity index is 780. The molecule has 6 heteroatoms. The van der Waals surface area contributed by atoms with Gasteiger partial charge in [0.05, 0.1) is 19.3 Å². The van der Waals surface area contributed by atoms with E-state index < -0.39 is 0 Å². The van der Waals surface area contributed by atoms with Crippen LogP contribution in [0.3, 0.4) is 0 Å². The van der Waals surface area contributed by atoms with Crippen LogP contribution in [-0.2, 0) is 11.3 Å². The predicted octanol–water partition coefficient (Wildman–Crippen LogP) is 2.98. The number of nitrogens with zero attached hydrogens (tertiary/aromatic N) is 3. The zero-order valence-corrected chi connectivity index (χ0v) is 17.4. The Balaban J connectivity index is 1.67. The van der Waals surface area contributed by atoms with E-state index >= 15 is 0 Å². The fraction of sp³-hybridized carbons (Fsp3) is 0.500. The second-order valence-electron chi connectivity index (χ2n) is 7.32. The van der Waals surface area contributed by atoms with Crippen molar-refractivity contribution in [2.24, 2.45) is 4.99 Å². The number of hydrogen-bond donors (Lipinski definition) is 1. The molecule has 0 spiro atoms. The number of rotatable bonds is 6. The van der Waals surface area contributed by atoms with Crippen LogP contribution in [0.25, 0.3) is 0 Å². The third-order valence-electron chi connectivity index (χ3n) is 5.27. The summed E-state index contributed by atoms with van der Waals surface area (Å²) in [6, 6.07) is 12.7. The van der Waals surface area contributed by atoms with Gasteiger partial charge in [-0.1, -0.05) is 24.3 Å². The van der Waals surface area contributed by atoms with Crippen molar-refractivity contribution in [3.63, 3.8) is 0 Å². The van der Waals surface area contributed by atoms with Gasteiger partial charge in [-0.05, 0) is 37.1 Å². The number of ether oxygens (including phenoxy) is 1. The number of furan rings is 1. The molecule has 2 aromatic rings. The average molecular weight is 385 g/mol. The predicted molar refractivity (Wildman–Crippen MR) is 113 cm³/mol. The lowest BCUT2D eigenvalue weighted by molar-refractivity contribution is 0.0123. The summed E-state index contributed by atoms with van der Waals surface area (Å²) in [5.41, 5.74) is 2.60. The number of guanidine groups is 1. The summed E-state index contributed by atoms with van der Waals surface area (Å²) in [4.78, 5) is 9.07. The monoisotopic (exact) mass is 384 g/mol. The maximum atomic E-state index is 5.96. The SMILES string of the molecule is CN=C(NCC(c1ccc(C)o1)N1CCOCC1)N(C)Cc1ccccc1C. The first-order valence-corrected chi connectivity index (χ1v) is 9.93. The Hall–Kier alpha value is -2.31. The molecule has 1 aromatic heterocycles. The van der Waals surface area contributed by atoms with Crippen molar-refractivity contribution in [3.8, 4) is 0 Å². The molecular formula is C22H32N4O2. The van der Waals surface area contributed by atoms with Crippen molar-refractivity contribution in [2.45, 2.75) is 26.4 Å². The molecule has 0 saturated carbocycles. The molecule has 152 valence electrons. The molecule has 1 aromatic carbocycles. The van der Waals surface area contributed by atoms with E-state index in [2.05, 4.69) is 64.4 Å². The van der Waals surface area contributed by atoms with Crippen molar-refractivity contribution in [1.82, 2.24) is 15.1 Å². The Morgan fingerprint density at radius 1 is 1.18 bits per heavy atom. The minimum atomic E-state index is 0.154. The number of benzene rings is 1. The number of hydrogen-bond acceptors (Lipinski definition) is 4. The van der Waals surface area contributed by atoms with Crippen molar-refractivity contribution in [3.05, 3.63) is 59.0 Å². The average Bonchev–Trinajstić information content (AvgIpc) is 3.13. The molecule has 1 aliphatic rings. The first kappa shape index (κ1) is 20.4. The molecule has 3 rings (SSSR count). The van der Waals surface area contributed by atoms with E-state index in [9.17, 15) is 0 Å². The highest BCUT2D eigenvalue weighted by Crippen LogP contribution is 2.23.